The summed E-state index contributed by atoms with van der Waals surface area (Å²) < 4.78 is 5.72. The summed E-state index contributed by atoms with van der Waals surface area (Å²) in [6.45, 7) is 0.711. The Morgan fingerprint density at radius 3 is 2.58 bits per heavy atom. The van der Waals surface area contributed by atoms with E-state index in [-0.39, 0.29) is 0 Å². The van der Waals surface area contributed by atoms with Crippen molar-refractivity contribution in [2.24, 2.45) is 0 Å². The van der Waals surface area contributed by atoms with E-state index in [1.165, 1.54) is 0 Å². The summed E-state index contributed by atoms with van der Waals surface area (Å²) in [4.78, 5) is 4.35. The number of likely N-dealkylation sites (N-methyl/N-ethyl adjacent to an activating group) is 1. The Bertz CT molecular complexity index is 459. The average molecular weight is 256 g/mol. The van der Waals surface area contributed by atoms with Crippen LogP contribution < -0.4 is 10.1 Å². The average Bonchev–Trinajstić information content (AvgIpc) is 2.48. The van der Waals surface area contributed by atoms with Crippen molar-refractivity contribution in [2.45, 2.75) is 18.9 Å². The van der Waals surface area contributed by atoms with Gasteiger partial charge in [0.05, 0.1) is 6.61 Å². The van der Waals surface area contributed by atoms with Crippen molar-refractivity contribution in [2.75, 3.05) is 13.7 Å². The minimum Gasteiger partial charge on any atom is -0.494 e. The Morgan fingerprint density at radius 1 is 1.11 bits per heavy atom. The quantitative estimate of drug-likeness (QED) is 0.827. The molecule has 0 aliphatic carbocycles. The monoisotopic (exact) mass is 256 g/mol. The third-order valence-electron chi connectivity index (χ3n) is 3.07. The SMILES string of the molecule is CNC(CCOc1ccccc1)Cc1ccccn1. The molecule has 100 valence electrons. The molecule has 2 rings (SSSR count). The van der Waals surface area contributed by atoms with Crippen LogP contribution in [0.5, 0.6) is 5.75 Å². The highest BCUT2D eigenvalue weighted by Gasteiger charge is 2.08. The first-order valence-electron chi connectivity index (χ1n) is 6.63. The molecule has 19 heavy (non-hydrogen) atoms. The van der Waals surface area contributed by atoms with Crippen LogP contribution in [0, 0.1) is 0 Å². The van der Waals surface area contributed by atoms with Crippen LogP contribution in [0.25, 0.3) is 0 Å². The standard InChI is InChI=1S/C16H20N2O/c1-17-14(13-15-7-5-6-11-18-15)10-12-19-16-8-3-2-4-9-16/h2-9,11,14,17H,10,12-13H2,1H3. The maximum Gasteiger partial charge on any atom is 0.119 e. The first-order chi connectivity index (χ1) is 9.38. The van der Waals surface area contributed by atoms with Crippen molar-refractivity contribution in [3.05, 3.63) is 60.4 Å². The van der Waals surface area contributed by atoms with E-state index in [2.05, 4.69) is 16.4 Å². The first-order valence-corrected chi connectivity index (χ1v) is 6.63. The molecule has 0 saturated carbocycles. The smallest absolute Gasteiger partial charge is 0.119 e. The van der Waals surface area contributed by atoms with Gasteiger partial charge in [-0.05, 0) is 37.7 Å². The fraction of sp³-hybridized carbons (Fsp3) is 0.312. The number of hydrogen-bond donors (Lipinski definition) is 1. The molecule has 1 atom stereocenters. The molecule has 0 saturated heterocycles. The van der Waals surface area contributed by atoms with Crippen LogP contribution in [-0.2, 0) is 6.42 Å². The molecular weight excluding hydrogens is 236 g/mol. The predicted molar refractivity (Wildman–Crippen MR) is 77.3 cm³/mol. The van der Waals surface area contributed by atoms with E-state index in [1.807, 2.05) is 55.7 Å². The van der Waals surface area contributed by atoms with Gasteiger partial charge >= 0.3 is 0 Å². The summed E-state index contributed by atoms with van der Waals surface area (Å²) in [6.07, 6.45) is 3.72. The normalized spacial score (nSPS) is 12.1. The highest BCUT2D eigenvalue weighted by molar-refractivity contribution is 5.20. The first kappa shape index (κ1) is 13.6. The van der Waals surface area contributed by atoms with E-state index in [9.17, 15) is 0 Å². The molecule has 2 aromatic rings. The van der Waals surface area contributed by atoms with Crippen LogP contribution in [-0.4, -0.2) is 24.7 Å². The van der Waals surface area contributed by atoms with E-state index >= 15 is 0 Å². The van der Waals surface area contributed by atoms with Gasteiger partial charge in [-0.25, -0.2) is 0 Å². The van der Waals surface area contributed by atoms with Gasteiger partial charge in [0.2, 0.25) is 0 Å². The number of benzene rings is 1. The lowest BCUT2D eigenvalue weighted by atomic mass is 10.1. The van der Waals surface area contributed by atoms with E-state index < -0.39 is 0 Å². The van der Waals surface area contributed by atoms with Gasteiger partial charge in [-0.15, -0.1) is 0 Å². The molecule has 3 nitrogen and oxygen atoms in total. The second-order valence-corrected chi connectivity index (χ2v) is 4.46. The highest BCUT2D eigenvalue weighted by Crippen LogP contribution is 2.10. The Kier molecular flexibility index (Phi) is 5.38. The van der Waals surface area contributed by atoms with Crippen LogP contribution >= 0.6 is 0 Å². The van der Waals surface area contributed by atoms with Crippen molar-refractivity contribution in [1.29, 1.82) is 0 Å². The Labute approximate surface area is 114 Å². The Morgan fingerprint density at radius 2 is 1.89 bits per heavy atom. The molecule has 0 fully saturated rings. The predicted octanol–water partition coefficient (Wildman–Crippen LogP) is 2.68. The van der Waals surface area contributed by atoms with Crippen LogP contribution in [0.1, 0.15) is 12.1 Å². The minimum atomic E-state index is 0.388. The van der Waals surface area contributed by atoms with E-state index in [0.29, 0.717) is 12.6 Å². The van der Waals surface area contributed by atoms with E-state index in [0.717, 1.165) is 24.3 Å². The molecule has 0 amide bonds. The molecule has 1 aromatic carbocycles. The van der Waals surface area contributed by atoms with Crippen molar-refractivity contribution in [3.63, 3.8) is 0 Å². The number of rotatable bonds is 7. The van der Waals surface area contributed by atoms with Crippen molar-refractivity contribution >= 4 is 0 Å². The second-order valence-electron chi connectivity index (χ2n) is 4.46. The van der Waals surface area contributed by atoms with Crippen LogP contribution in [0.2, 0.25) is 0 Å². The summed E-state index contributed by atoms with van der Waals surface area (Å²) in [5.41, 5.74) is 1.11. The molecule has 0 aliphatic heterocycles. The number of para-hydroxylation sites is 1. The lowest BCUT2D eigenvalue weighted by molar-refractivity contribution is 0.288. The van der Waals surface area contributed by atoms with Gasteiger partial charge < -0.3 is 10.1 Å². The largest absolute Gasteiger partial charge is 0.494 e. The Hall–Kier alpha value is -1.87. The zero-order valence-electron chi connectivity index (χ0n) is 11.3. The van der Waals surface area contributed by atoms with Crippen molar-refractivity contribution in [3.8, 4) is 5.75 Å². The molecule has 0 spiro atoms. The summed E-state index contributed by atoms with van der Waals surface area (Å²) in [7, 11) is 1.98. The van der Waals surface area contributed by atoms with Gasteiger partial charge in [-0.2, -0.15) is 0 Å². The summed E-state index contributed by atoms with van der Waals surface area (Å²) in [5.74, 6) is 0.926. The number of nitrogens with one attached hydrogen (secondary N) is 1. The van der Waals surface area contributed by atoms with Crippen molar-refractivity contribution < 1.29 is 4.74 Å². The van der Waals surface area contributed by atoms with Crippen LogP contribution in [0.3, 0.4) is 0 Å². The second kappa shape index (κ2) is 7.54. The van der Waals surface area contributed by atoms with Crippen LogP contribution in [0.15, 0.2) is 54.7 Å². The zero-order valence-corrected chi connectivity index (χ0v) is 11.3. The lowest BCUT2D eigenvalue weighted by Crippen LogP contribution is -2.29. The summed E-state index contributed by atoms with van der Waals surface area (Å²) in [6, 6.07) is 16.3. The molecule has 0 radical (unpaired) electrons. The molecular formula is C16H20N2O. The summed E-state index contributed by atoms with van der Waals surface area (Å²) in [5, 5.41) is 3.32. The molecule has 1 N–H and O–H groups in total. The zero-order chi connectivity index (χ0) is 13.3. The number of pyridine rings is 1. The number of ether oxygens (including phenoxy) is 1. The number of hydrogen-bond acceptors (Lipinski definition) is 3. The van der Waals surface area contributed by atoms with Crippen LogP contribution in [0.4, 0.5) is 0 Å². The van der Waals surface area contributed by atoms with Gasteiger partial charge in [-0.1, -0.05) is 24.3 Å². The molecule has 1 aromatic heterocycles. The number of aromatic nitrogens is 1. The van der Waals surface area contributed by atoms with E-state index in [4.69, 9.17) is 4.74 Å². The van der Waals surface area contributed by atoms with Gasteiger partial charge in [0.1, 0.15) is 5.75 Å². The maximum atomic E-state index is 5.72. The lowest BCUT2D eigenvalue weighted by Gasteiger charge is -2.16. The van der Waals surface area contributed by atoms with Gasteiger partial charge in [0.25, 0.3) is 0 Å². The molecule has 1 unspecified atom stereocenters. The van der Waals surface area contributed by atoms with Gasteiger partial charge in [0.15, 0.2) is 0 Å². The molecule has 0 bridgehead atoms. The van der Waals surface area contributed by atoms with E-state index in [1.54, 1.807) is 0 Å². The third kappa shape index (κ3) is 4.72. The topological polar surface area (TPSA) is 34.1 Å². The molecule has 3 heteroatoms. The highest BCUT2D eigenvalue weighted by atomic mass is 16.5. The minimum absolute atomic E-state index is 0.388. The number of nitrogens with zero attached hydrogens (tertiary/aromatic N) is 1. The van der Waals surface area contributed by atoms with Gasteiger partial charge in [-0.3, -0.25) is 4.98 Å². The third-order valence-corrected chi connectivity index (χ3v) is 3.07. The maximum absolute atomic E-state index is 5.72. The Balaban J connectivity index is 1.77. The molecule has 1 heterocycles. The summed E-state index contributed by atoms with van der Waals surface area (Å²) >= 11 is 0. The fourth-order valence-electron chi connectivity index (χ4n) is 1.96. The molecule has 0 aliphatic rings. The fourth-order valence-corrected chi connectivity index (χ4v) is 1.96. The van der Waals surface area contributed by atoms with Gasteiger partial charge in [0, 0.05) is 24.4 Å². The van der Waals surface area contributed by atoms with Crippen molar-refractivity contribution in [1.82, 2.24) is 10.3 Å².